The molecule has 5 heteroatoms. The fourth-order valence-electron chi connectivity index (χ4n) is 2.77. The quantitative estimate of drug-likeness (QED) is 0.800. The van der Waals surface area contributed by atoms with Gasteiger partial charge in [0, 0.05) is 20.3 Å². The molecular formula is C16H21N5. The van der Waals surface area contributed by atoms with Gasteiger partial charge in [0.05, 0.1) is 28.5 Å². The van der Waals surface area contributed by atoms with Gasteiger partial charge in [0.2, 0.25) is 0 Å². The van der Waals surface area contributed by atoms with Gasteiger partial charge in [-0.05, 0) is 25.5 Å². The summed E-state index contributed by atoms with van der Waals surface area (Å²) in [5, 5.41) is 8.00. The number of benzene rings is 1. The van der Waals surface area contributed by atoms with Gasteiger partial charge in [-0.2, -0.15) is 5.10 Å². The van der Waals surface area contributed by atoms with Crippen molar-refractivity contribution in [3.05, 3.63) is 42.0 Å². The lowest BCUT2D eigenvalue weighted by molar-refractivity contribution is 0.732. The molecule has 0 spiro atoms. The lowest BCUT2D eigenvalue weighted by Crippen LogP contribution is -2.12. The fourth-order valence-corrected chi connectivity index (χ4v) is 2.77. The fraction of sp³-hybridized carbons (Fsp3) is 0.375. The number of aromatic nitrogens is 4. The van der Waals surface area contributed by atoms with Gasteiger partial charge in [0.25, 0.3) is 0 Å². The first-order chi connectivity index (χ1) is 10.1. The zero-order chi connectivity index (χ0) is 15.0. The van der Waals surface area contributed by atoms with Crippen LogP contribution in [-0.4, -0.2) is 19.3 Å². The van der Waals surface area contributed by atoms with Crippen LogP contribution in [0.15, 0.2) is 30.5 Å². The normalized spacial score (nSPS) is 12.8. The number of hydrogen-bond donors (Lipinski definition) is 1. The second kappa shape index (κ2) is 5.24. The molecule has 0 amide bonds. The van der Waals surface area contributed by atoms with Gasteiger partial charge in [-0.15, -0.1) is 0 Å². The number of rotatable bonds is 4. The van der Waals surface area contributed by atoms with Gasteiger partial charge in [0.1, 0.15) is 5.82 Å². The van der Waals surface area contributed by atoms with E-state index < -0.39 is 0 Å². The Morgan fingerprint density at radius 2 is 2.00 bits per heavy atom. The van der Waals surface area contributed by atoms with Crippen LogP contribution in [0.3, 0.4) is 0 Å². The third-order valence-electron chi connectivity index (χ3n) is 3.82. The van der Waals surface area contributed by atoms with Gasteiger partial charge in [0.15, 0.2) is 0 Å². The highest BCUT2D eigenvalue weighted by atomic mass is 15.3. The number of nitrogens with zero attached hydrogens (tertiary/aromatic N) is 4. The summed E-state index contributed by atoms with van der Waals surface area (Å²) in [5.41, 5.74) is 4.36. The van der Waals surface area contributed by atoms with Gasteiger partial charge >= 0.3 is 0 Å². The molecule has 2 aromatic heterocycles. The van der Waals surface area contributed by atoms with E-state index in [1.807, 2.05) is 36.1 Å². The molecule has 1 atom stereocenters. The van der Waals surface area contributed by atoms with E-state index in [4.69, 9.17) is 4.98 Å². The number of para-hydroxylation sites is 2. The van der Waals surface area contributed by atoms with Gasteiger partial charge < -0.3 is 9.88 Å². The zero-order valence-corrected chi connectivity index (χ0v) is 13.0. The molecule has 2 heterocycles. The predicted octanol–water partition coefficient (Wildman–Crippen LogP) is 3.04. The summed E-state index contributed by atoms with van der Waals surface area (Å²) in [6.45, 7) is 4.25. The summed E-state index contributed by atoms with van der Waals surface area (Å²) in [4.78, 5) is 4.74. The van der Waals surface area contributed by atoms with Crippen molar-refractivity contribution < 1.29 is 0 Å². The highest BCUT2D eigenvalue weighted by Gasteiger charge is 2.16. The van der Waals surface area contributed by atoms with E-state index in [0.717, 1.165) is 34.7 Å². The first-order valence-corrected chi connectivity index (χ1v) is 7.30. The van der Waals surface area contributed by atoms with E-state index in [1.54, 1.807) is 0 Å². The van der Waals surface area contributed by atoms with Crippen molar-refractivity contribution in [2.45, 2.75) is 26.3 Å². The Kier molecular flexibility index (Phi) is 3.41. The van der Waals surface area contributed by atoms with Crippen LogP contribution in [-0.2, 0) is 20.5 Å². The molecule has 0 saturated carbocycles. The van der Waals surface area contributed by atoms with E-state index in [0.29, 0.717) is 0 Å². The van der Waals surface area contributed by atoms with E-state index in [9.17, 15) is 0 Å². The van der Waals surface area contributed by atoms with Crippen LogP contribution in [0, 0.1) is 0 Å². The molecule has 0 aliphatic carbocycles. The number of hydrogen-bond acceptors (Lipinski definition) is 3. The molecule has 0 radical (unpaired) electrons. The van der Waals surface area contributed by atoms with Crippen molar-refractivity contribution in [1.29, 1.82) is 0 Å². The lowest BCUT2D eigenvalue weighted by Gasteiger charge is -2.14. The summed E-state index contributed by atoms with van der Waals surface area (Å²) in [6, 6.07) is 8.33. The molecule has 1 aromatic carbocycles. The topological polar surface area (TPSA) is 47.7 Å². The number of nitrogens with one attached hydrogen (secondary N) is 1. The molecule has 110 valence electrons. The first-order valence-electron chi connectivity index (χ1n) is 7.30. The van der Waals surface area contributed by atoms with Gasteiger partial charge in [-0.25, -0.2) is 4.98 Å². The molecule has 1 N–H and O–H groups in total. The van der Waals surface area contributed by atoms with Crippen molar-refractivity contribution in [3.8, 4) is 0 Å². The third kappa shape index (κ3) is 2.39. The average molecular weight is 283 g/mol. The van der Waals surface area contributed by atoms with Crippen LogP contribution in [0.25, 0.3) is 11.0 Å². The van der Waals surface area contributed by atoms with Crippen molar-refractivity contribution in [1.82, 2.24) is 19.3 Å². The van der Waals surface area contributed by atoms with E-state index in [1.165, 1.54) is 0 Å². The minimum Gasteiger partial charge on any atom is -0.373 e. The Morgan fingerprint density at radius 3 is 2.71 bits per heavy atom. The zero-order valence-electron chi connectivity index (χ0n) is 13.0. The average Bonchev–Trinajstić information content (AvgIpc) is 3.00. The maximum absolute atomic E-state index is 4.74. The van der Waals surface area contributed by atoms with Crippen molar-refractivity contribution in [2.24, 2.45) is 14.1 Å². The Labute approximate surface area is 124 Å². The highest BCUT2D eigenvalue weighted by molar-refractivity contribution is 5.76. The van der Waals surface area contributed by atoms with E-state index >= 15 is 0 Å². The first kappa shape index (κ1) is 13.7. The molecule has 0 bridgehead atoms. The van der Waals surface area contributed by atoms with Gasteiger partial charge in [-0.3, -0.25) is 4.68 Å². The molecule has 21 heavy (non-hydrogen) atoms. The number of aryl methyl sites for hydroxylation is 3. The van der Waals surface area contributed by atoms with Crippen molar-refractivity contribution in [2.75, 3.05) is 5.32 Å². The standard InChI is InChI=1S/C16H21N5/c1-5-12-14(10-20(3)19-12)17-11(2)16-18-13-8-6-7-9-15(13)21(16)4/h6-11,17H,5H2,1-4H3. The Balaban J connectivity index is 1.93. The van der Waals surface area contributed by atoms with E-state index in [2.05, 4.69) is 41.9 Å². The predicted molar refractivity (Wildman–Crippen MR) is 85.3 cm³/mol. The molecule has 3 aromatic rings. The largest absolute Gasteiger partial charge is 0.373 e. The second-order valence-electron chi connectivity index (χ2n) is 5.40. The summed E-state index contributed by atoms with van der Waals surface area (Å²) >= 11 is 0. The lowest BCUT2D eigenvalue weighted by atomic mass is 10.2. The summed E-state index contributed by atoms with van der Waals surface area (Å²) in [5.74, 6) is 1.03. The van der Waals surface area contributed by atoms with Crippen molar-refractivity contribution in [3.63, 3.8) is 0 Å². The Hall–Kier alpha value is -2.30. The minimum absolute atomic E-state index is 0.122. The summed E-state index contributed by atoms with van der Waals surface area (Å²) in [7, 11) is 4.01. The Morgan fingerprint density at radius 1 is 1.24 bits per heavy atom. The van der Waals surface area contributed by atoms with E-state index in [-0.39, 0.29) is 6.04 Å². The smallest absolute Gasteiger partial charge is 0.131 e. The molecule has 1 unspecified atom stereocenters. The maximum atomic E-state index is 4.74. The molecule has 3 rings (SSSR count). The third-order valence-corrected chi connectivity index (χ3v) is 3.82. The van der Waals surface area contributed by atoms with Crippen molar-refractivity contribution >= 4 is 16.7 Å². The molecule has 0 aliphatic heterocycles. The SMILES string of the molecule is CCc1nn(C)cc1NC(C)c1nc2ccccc2n1C. The van der Waals surface area contributed by atoms with Crippen LogP contribution in [0.2, 0.25) is 0 Å². The summed E-state index contributed by atoms with van der Waals surface area (Å²) in [6.07, 6.45) is 2.94. The van der Waals surface area contributed by atoms with Crippen LogP contribution in [0.5, 0.6) is 0 Å². The molecular weight excluding hydrogens is 262 g/mol. The highest BCUT2D eigenvalue weighted by Crippen LogP contribution is 2.24. The van der Waals surface area contributed by atoms with Crippen LogP contribution < -0.4 is 5.32 Å². The van der Waals surface area contributed by atoms with Crippen LogP contribution in [0.1, 0.15) is 31.4 Å². The number of fused-ring (bicyclic) bond motifs is 1. The molecule has 0 aliphatic rings. The minimum atomic E-state index is 0.122. The van der Waals surface area contributed by atoms with Gasteiger partial charge in [-0.1, -0.05) is 19.1 Å². The monoisotopic (exact) mass is 283 g/mol. The molecule has 0 saturated heterocycles. The maximum Gasteiger partial charge on any atom is 0.131 e. The van der Waals surface area contributed by atoms with Crippen LogP contribution >= 0.6 is 0 Å². The summed E-state index contributed by atoms with van der Waals surface area (Å²) < 4.78 is 4.00. The van der Waals surface area contributed by atoms with Crippen LogP contribution in [0.4, 0.5) is 5.69 Å². The Bertz CT molecular complexity index is 768. The number of imidazole rings is 1. The molecule has 0 fully saturated rings. The second-order valence-corrected chi connectivity index (χ2v) is 5.40. The molecule has 5 nitrogen and oxygen atoms in total. The number of anilines is 1.